The predicted molar refractivity (Wildman–Crippen MR) is 76.1 cm³/mol. The second-order valence-electron chi connectivity index (χ2n) is 4.39. The summed E-state index contributed by atoms with van der Waals surface area (Å²) >= 11 is 3.47. The van der Waals surface area contributed by atoms with Crippen molar-refractivity contribution in [3.63, 3.8) is 0 Å². The Balaban J connectivity index is 2.36. The average Bonchev–Trinajstić information content (AvgIpc) is 2.29. The molecule has 0 aliphatic heterocycles. The van der Waals surface area contributed by atoms with Crippen LogP contribution in [0.4, 0.5) is 0 Å². The van der Waals surface area contributed by atoms with E-state index in [2.05, 4.69) is 66.2 Å². The second kappa shape index (κ2) is 5.03. The molecule has 0 saturated heterocycles. The molecule has 0 aromatic heterocycles. The van der Waals surface area contributed by atoms with Crippen molar-refractivity contribution in [2.45, 2.75) is 19.9 Å². The molecule has 0 amide bonds. The maximum Gasteiger partial charge on any atom is 0.0554 e. The molecule has 0 heterocycles. The van der Waals surface area contributed by atoms with E-state index in [4.69, 9.17) is 5.73 Å². The molecule has 2 aromatic carbocycles. The van der Waals surface area contributed by atoms with E-state index in [1.807, 2.05) is 6.07 Å². The van der Waals surface area contributed by atoms with Gasteiger partial charge in [-0.3, -0.25) is 0 Å². The Labute approximate surface area is 111 Å². The Morgan fingerprint density at radius 1 is 1.00 bits per heavy atom. The van der Waals surface area contributed by atoms with Gasteiger partial charge in [-0.25, -0.2) is 0 Å². The van der Waals surface area contributed by atoms with Crippen LogP contribution in [0.3, 0.4) is 0 Å². The Morgan fingerprint density at radius 2 is 1.65 bits per heavy atom. The molecule has 0 spiro atoms. The van der Waals surface area contributed by atoms with Crippen LogP contribution in [0.2, 0.25) is 0 Å². The lowest BCUT2D eigenvalue weighted by molar-refractivity contribution is 0.860. The van der Waals surface area contributed by atoms with Gasteiger partial charge in [-0.2, -0.15) is 0 Å². The fourth-order valence-corrected chi connectivity index (χ4v) is 2.42. The maximum absolute atomic E-state index is 6.30. The number of rotatable bonds is 2. The summed E-state index contributed by atoms with van der Waals surface area (Å²) in [5.41, 5.74) is 11.1. The Morgan fingerprint density at radius 3 is 2.24 bits per heavy atom. The second-order valence-corrected chi connectivity index (χ2v) is 5.30. The fourth-order valence-electron chi connectivity index (χ4n) is 1.94. The lowest BCUT2D eigenvalue weighted by Crippen LogP contribution is -2.13. The van der Waals surface area contributed by atoms with Crippen molar-refractivity contribution in [2.24, 2.45) is 5.73 Å². The van der Waals surface area contributed by atoms with Gasteiger partial charge in [0.25, 0.3) is 0 Å². The molecule has 0 bridgehead atoms. The van der Waals surface area contributed by atoms with Crippen LogP contribution >= 0.6 is 15.9 Å². The topological polar surface area (TPSA) is 26.0 Å². The number of nitrogens with two attached hydrogens (primary N) is 1. The lowest BCUT2D eigenvalue weighted by Gasteiger charge is -2.15. The molecule has 1 nitrogen and oxygen atoms in total. The first-order valence-corrected chi connectivity index (χ1v) is 6.45. The standard InChI is InChI=1S/C15H16BrN/c1-10-3-5-12(6-4-10)15(17)14-8-7-13(16)9-11(14)2/h3-9,15H,17H2,1-2H3. The van der Waals surface area contributed by atoms with Crippen molar-refractivity contribution in [3.05, 3.63) is 69.2 Å². The van der Waals surface area contributed by atoms with Crippen LogP contribution in [0.15, 0.2) is 46.9 Å². The van der Waals surface area contributed by atoms with Crippen LogP contribution in [0.25, 0.3) is 0 Å². The van der Waals surface area contributed by atoms with E-state index in [1.165, 1.54) is 16.7 Å². The average molecular weight is 290 g/mol. The SMILES string of the molecule is Cc1ccc(C(N)c2ccc(Br)cc2C)cc1. The summed E-state index contributed by atoms with van der Waals surface area (Å²) < 4.78 is 1.09. The predicted octanol–water partition coefficient (Wildman–Crippen LogP) is 4.11. The van der Waals surface area contributed by atoms with Gasteiger partial charge in [0.1, 0.15) is 0 Å². The van der Waals surface area contributed by atoms with Gasteiger partial charge in [0.2, 0.25) is 0 Å². The monoisotopic (exact) mass is 289 g/mol. The third-order valence-corrected chi connectivity index (χ3v) is 3.50. The molecule has 2 aromatic rings. The molecular weight excluding hydrogens is 274 g/mol. The number of benzene rings is 2. The zero-order chi connectivity index (χ0) is 12.4. The minimum Gasteiger partial charge on any atom is -0.320 e. The van der Waals surface area contributed by atoms with Crippen molar-refractivity contribution in [1.82, 2.24) is 0 Å². The quantitative estimate of drug-likeness (QED) is 0.884. The van der Waals surface area contributed by atoms with E-state index in [0.29, 0.717) is 0 Å². The minimum atomic E-state index is -0.0521. The van der Waals surface area contributed by atoms with Crippen molar-refractivity contribution < 1.29 is 0 Å². The molecule has 2 rings (SSSR count). The van der Waals surface area contributed by atoms with Crippen molar-refractivity contribution >= 4 is 15.9 Å². The minimum absolute atomic E-state index is 0.0521. The van der Waals surface area contributed by atoms with Gasteiger partial charge in [-0.15, -0.1) is 0 Å². The smallest absolute Gasteiger partial charge is 0.0554 e. The molecule has 0 aliphatic carbocycles. The Bertz CT molecular complexity index is 517. The van der Waals surface area contributed by atoms with Crippen LogP contribution in [0.5, 0.6) is 0 Å². The highest BCUT2D eigenvalue weighted by atomic mass is 79.9. The molecule has 2 N–H and O–H groups in total. The van der Waals surface area contributed by atoms with Gasteiger partial charge in [-0.05, 0) is 42.7 Å². The molecule has 0 radical (unpaired) electrons. The first kappa shape index (κ1) is 12.3. The van der Waals surface area contributed by atoms with E-state index >= 15 is 0 Å². The van der Waals surface area contributed by atoms with Crippen LogP contribution < -0.4 is 5.73 Å². The Hall–Kier alpha value is -1.12. The van der Waals surface area contributed by atoms with Gasteiger partial charge in [0.05, 0.1) is 6.04 Å². The van der Waals surface area contributed by atoms with E-state index in [1.54, 1.807) is 0 Å². The molecular formula is C15H16BrN. The zero-order valence-electron chi connectivity index (χ0n) is 10.1. The van der Waals surface area contributed by atoms with Gasteiger partial charge >= 0.3 is 0 Å². The molecule has 0 aliphatic rings. The molecule has 0 saturated carbocycles. The fraction of sp³-hybridized carbons (Fsp3) is 0.200. The number of aryl methyl sites for hydroxylation is 2. The van der Waals surface area contributed by atoms with Gasteiger partial charge < -0.3 is 5.73 Å². The summed E-state index contributed by atoms with van der Waals surface area (Å²) in [7, 11) is 0. The molecule has 17 heavy (non-hydrogen) atoms. The summed E-state index contributed by atoms with van der Waals surface area (Å²) in [5, 5.41) is 0. The third-order valence-electron chi connectivity index (χ3n) is 3.00. The summed E-state index contributed by atoms with van der Waals surface area (Å²) in [4.78, 5) is 0. The number of hydrogen-bond donors (Lipinski definition) is 1. The van der Waals surface area contributed by atoms with E-state index in [0.717, 1.165) is 10.0 Å². The van der Waals surface area contributed by atoms with E-state index < -0.39 is 0 Å². The summed E-state index contributed by atoms with van der Waals surface area (Å²) in [6.07, 6.45) is 0. The highest BCUT2D eigenvalue weighted by molar-refractivity contribution is 9.10. The number of halogens is 1. The van der Waals surface area contributed by atoms with Crippen LogP contribution in [-0.4, -0.2) is 0 Å². The van der Waals surface area contributed by atoms with Crippen LogP contribution in [-0.2, 0) is 0 Å². The van der Waals surface area contributed by atoms with Crippen LogP contribution in [0.1, 0.15) is 28.3 Å². The van der Waals surface area contributed by atoms with Crippen molar-refractivity contribution in [3.8, 4) is 0 Å². The first-order valence-electron chi connectivity index (χ1n) is 5.66. The van der Waals surface area contributed by atoms with E-state index in [9.17, 15) is 0 Å². The molecule has 1 unspecified atom stereocenters. The van der Waals surface area contributed by atoms with Gasteiger partial charge in [-0.1, -0.05) is 51.8 Å². The van der Waals surface area contributed by atoms with E-state index in [-0.39, 0.29) is 6.04 Å². The number of hydrogen-bond acceptors (Lipinski definition) is 1. The normalized spacial score (nSPS) is 12.5. The molecule has 1 atom stereocenters. The highest BCUT2D eigenvalue weighted by Gasteiger charge is 2.11. The maximum atomic E-state index is 6.30. The van der Waals surface area contributed by atoms with Gasteiger partial charge in [0.15, 0.2) is 0 Å². The molecule has 2 heteroatoms. The van der Waals surface area contributed by atoms with Crippen molar-refractivity contribution in [2.75, 3.05) is 0 Å². The van der Waals surface area contributed by atoms with Gasteiger partial charge in [0, 0.05) is 4.47 Å². The highest BCUT2D eigenvalue weighted by Crippen LogP contribution is 2.25. The summed E-state index contributed by atoms with van der Waals surface area (Å²) in [6.45, 7) is 4.17. The molecule has 88 valence electrons. The lowest BCUT2D eigenvalue weighted by atomic mass is 9.95. The van der Waals surface area contributed by atoms with Crippen LogP contribution in [0, 0.1) is 13.8 Å². The van der Waals surface area contributed by atoms with Crippen molar-refractivity contribution in [1.29, 1.82) is 0 Å². The largest absolute Gasteiger partial charge is 0.320 e. The molecule has 0 fully saturated rings. The Kier molecular flexibility index (Phi) is 3.65. The summed E-state index contributed by atoms with van der Waals surface area (Å²) in [5.74, 6) is 0. The zero-order valence-corrected chi connectivity index (χ0v) is 11.7. The third kappa shape index (κ3) is 2.76. The summed E-state index contributed by atoms with van der Waals surface area (Å²) in [6, 6.07) is 14.6. The first-order chi connectivity index (χ1) is 8.08.